The Bertz CT molecular complexity index is 741. The number of amides is 2. The molecular weight excluding hydrogens is 314 g/mol. The van der Waals surface area contributed by atoms with E-state index in [1.165, 1.54) is 11.1 Å². The van der Waals surface area contributed by atoms with Gasteiger partial charge in [0.15, 0.2) is 0 Å². The fourth-order valence-corrected chi connectivity index (χ4v) is 2.92. The molecule has 0 spiro atoms. The Hall–Kier alpha value is -2.69. The molecule has 2 amide bonds. The van der Waals surface area contributed by atoms with E-state index < -0.39 is 0 Å². The van der Waals surface area contributed by atoms with Crippen molar-refractivity contribution in [2.75, 3.05) is 11.9 Å². The first kappa shape index (κ1) is 17.1. The van der Waals surface area contributed by atoms with E-state index in [1.807, 2.05) is 0 Å². The maximum absolute atomic E-state index is 12.2. The molecule has 5 heteroatoms. The summed E-state index contributed by atoms with van der Waals surface area (Å²) in [5.41, 5.74) is 3.12. The average molecular weight is 337 g/mol. The quantitative estimate of drug-likeness (QED) is 0.851. The summed E-state index contributed by atoms with van der Waals surface area (Å²) in [6.07, 6.45) is 4.05. The lowest BCUT2D eigenvalue weighted by molar-refractivity contribution is -0.125. The molecule has 25 heavy (non-hydrogen) atoms. The predicted molar refractivity (Wildman–Crippen MR) is 97.3 cm³/mol. The molecule has 1 aliphatic carbocycles. The standard InChI is InChI=1S/C20H23N3O2/c1-13(2)14-5-7-15(8-6-14)17-10-18(17)20(25)22-12-19(24)23-16-4-3-9-21-11-16/h3-9,11,13,17-18H,10,12H2,1-2H3,(H,22,25)(H,23,24)/t17-,18+/m0/s1. The fraction of sp³-hybridized carbons (Fsp3) is 0.350. The molecule has 1 aromatic heterocycles. The van der Waals surface area contributed by atoms with Crippen LogP contribution in [0.25, 0.3) is 0 Å². The van der Waals surface area contributed by atoms with Gasteiger partial charge in [-0.3, -0.25) is 14.6 Å². The van der Waals surface area contributed by atoms with Crippen LogP contribution in [0.3, 0.4) is 0 Å². The summed E-state index contributed by atoms with van der Waals surface area (Å²) in [6.45, 7) is 4.31. The smallest absolute Gasteiger partial charge is 0.243 e. The monoisotopic (exact) mass is 337 g/mol. The van der Waals surface area contributed by atoms with Crippen molar-refractivity contribution < 1.29 is 9.59 Å². The zero-order chi connectivity index (χ0) is 17.8. The first-order chi connectivity index (χ1) is 12.0. The van der Waals surface area contributed by atoms with Gasteiger partial charge >= 0.3 is 0 Å². The van der Waals surface area contributed by atoms with Gasteiger partial charge < -0.3 is 10.6 Å². The van der Waals surface area contributed by atoms with Crippen molar-refractivity contribution in [1.29, 1.82) is 0 Å². The van der Waals surface area contributed by atoms with Crippen LogP contribution in [0.5, 0.6) is 0 Å². The molecular formula is C20H23N3O2. The highest BCUT2D eigenvalue weighted by Gasteiger charge is 2.43. The second-order valence-electron chi connectivity index (χ2n) is 6.78. The van der Waals surface area contributed by atoms with Crippen molar-refractivity contribution in [2.24, 2.45) is 5.92 Å². The summed E-state index contributed by atoms with van der Waals surface area (Å²) in [7, 11) is 0. The number of nitrogens with zero attached hydrogens (tertiary/aromatic N) is 1. The van der Waals surface area contributed by atoms with Crippen LogP contribution in [0, 0.1) is 5.92 Å². The number of benzene rings is 1. The Morgan fingerprint density at radius 1 is 1.20 bits per heavy atom. The average Bonchev–Trinajstić information content (AvgIpc) is 3.41. The molecule has 5 nitrogen and oxygen atoms in total. The zero-order valence-corrected chi connectivity index (χ0v) is 14.5. The Morgan fingerprint density at radius 3 is 2.60 bits per heavy atom. The molecule has 1 aliphatic rings. The lowest BCUT2D eigenvalue weighted by Crippen LogP contribution is -2.34. The van der Waals surface area contributed by atoms with E-state index in [0.717, 1.165) is 6.42 Å². The van der Waals surface area contributed by atoms with Crippen LogP contribution in [-0.2, 0) is 9.59 Å². The molecule has 1 heterocycles. The number of rotatable bonds is 6. The van der Waals surface area contributed by atoms with E-state index >= 15 is 0 Å². The van der Waals surface area contributed by atoms with E-state index in [1.54, 1.807) is 24.5 Å². The van der Waals surface area contributed by atoms with Crippen LogP contribution >= 0.6 is 0 Å². The number of hydrogen-bond acceptors (Lipinski definition) is 3. The summed E-state index contributed by atoms with van der Waals surface area (Å²) >= 11 is 0. The first-order valence-corrected chi connectivity index (χ1v) is 8.62. The van der Waals surface area contributed by atoms with E-state index in [2.05, 4.69) is 53.7 Å². The number of aromatic nitrogens is 1. The third-order valence-electron chi connectivity index (χ3n) is 4.53. The third kappa shape index (κ3) is 4.44. The summed E-state index contributed by atoms with van der Waals surface area (Å²) < 4.78 is 0. The summed E-state index contributed by atoms with van der Waals surface area (Å²) in [5, 5.41) is 5.42. The Kier molecular flexibility index (Phi) is 5.12. The largest absolute Gasteiger partial charge is 0.347 e. The molecule has 2 aromatic rings. The number of carbonyl (C=O) groups excluding carboxylic acids is 2. The number of carbonyl (C=O) groups is 2. The van der Waals surface area contributed by atoms with Gasteiger partial charge in [0.2, 0.25) is 11.8 Å². The van der Waals surface area contributed by atoms with Gasteiger partial charge in [-0.05, 0) is 41.5 Å². The zero-order valence-electron chi connectivity index (χ0n) is 14.5. The lowest BCUT2D eigenvalue weighted by Gasteiger charge is -2.08. The van der Waals surface area contributed by atoms with Gasteiger partial charge in [-0.2, -0.15) is 0 Å². The third-order valence-corrected chi connectivity index (χ3v) is 4.53. The molecule has 1 fully saturated rings. The summed E-state index contributed by atoms with van der Waals surface area (Å²) in [5.74, 6) is 0.434. The summed E-state index contributed by atoms with van der Waals surface area (Å²) in [4.78, 5) is 28.0. The van der Waals surface area contributed by atoms with Crippen LogP contribution in [0.4, 0.5) is 5.69 Å². The molecule has 1 aromatic carbocycles. The maximum atomic E-state index is 12.2. The molecule has 1 saturated carbocycles. The van der Waals surface area contributed by atoms with E-state index in [0.29, 0.717) is 11.6 Å². The first-order valence-electron chi connectivity index (χ1n) is 8.62. The second-order valence-corrected chi connectivity index (χ2v) is 6.78. The lowest BCUT2D eigenvalue weighted by atomic mass is 10.00. The molecule has 0 unspecified atom stereocenters. The minimum Gasteiger partial charge on any atom is -0.347 e. The van der Waals surface area contributed by atoms with Crippen molar-refractivity contribution in [2.45, 2.75) is 32.1 Å². The fourth-order valence-electron chi connectivity index (χ4n) is 2.92. The Balaban J connectivity index is 1.46. The Morgan fingerprint density at radius 2 is 1.96 bits per heavy atom. The van der Waals surface area contributed by atoms with Gasteiger partial charge in [0.1, 0.15) is 0 Å². The number of nitrogens with one attached hydrogen (secondary N) is 2. The van der Waals surface area contributed by atoms with Crippen molar-refractivity contribution >= 4 is 17.5 Å². The van der Waals surface area contributed by atoms with Gasteiger partial charge in [-0.1, -0.05) is 38.1 Å². The van der Waals surface area contributed by atoms with E-state index in [4.69, 9.17) is 0 Å². The van der Waals surface area contributed by atoms with Crippen molar-refractivity contribution in [3.05, 3.63) is 59.9 Å². The van der Waals surface area contributed by atoms with Gasteiger partial charge in [0.05, 0.1) is 18.4 Å². The normalized spacial score (nSPS) is 18.7. The number of hydrogen-bond donors (Lipinski definition) is 2. The summed E-state index contributed by atoms with van der Waals surface area (Å²) in [6, 6.07) is 12.0. The molecule has 0 aliphatic heterocycles. The molecule has 2 atom stereocenters. The van der Waals surface area contributed by atoms with Crippen LogP contribution in [0.1, 0.15) is 43.2 Å². The van der Waals surface area contributed by atoms with Crippen LogP contribution in [0.2, 0.25) is 0 Å². The van der Waals surface area contributed by atoms with Gasteiger partial charge in [-0.25, -0.2) is 0 Å². The van der Waals surface area contributed by atoms with Crippen LogP contribution in [0.15, 0.2) is 48.8 Å². The van der Waals surface area contributed by atoms with Crippen LogP contribution in [-0.4, -0.2) is 23.3 Å². The SMILES string of the molecule is CC(C)c1ccc([C@@H]2C[C@H]2C(=O)NCC(=O)Nc2cccnc2)cc1. The van der Waals surface area contributed by atoms with Crippen molar-refractivity contribution in [3.63, 3.8) is 0 Å². The van der Waals surface area contributed by atoms with Crippen LogP contribution < -0.4 is 10.6 Å². The van der Waals surface area contributed by atoms with Crippen molar-refractivity contribution in [1.82, 2.24) is 10.3 Å². The highest BCUT2D eigenvalue weighted by Crippen LogP contribution is 2.47. The molecule has 2 N–H and O–H groups in total. The highest BCUT2D eigenvalue weighted by molar-refractivity contribution is 5.95. The van der Waals surface area contributed by atoms with E-state index in [9.17, 15) is 9.59 Å². The topological polar surface area (TPSA) is 71.1 Å². The number of anilines is 1. The minimum atomic E-state index is -0.250. The molecule has 0 radical (unpaired) electrons. The molecule has 130 valence electrons. The van der Waals surface area contributed by atoms with Crippen molar-refractivity contribution in [3.8, 4) is 0 Å². The molecule has 0 bridgehead atoms. The molecule has 3 rings (SSSR count). The highest BCUT2D eigenvalue weighted by atomic mass is 16.2. The number of pyridine rings is 1. The maximum Gasteiger partial charge on any atom is 0.243 e. The molecule has 0 saturated heterocycles. The minimum absolute atomic E-state index is 0.0246. The predicted octanol–water partition coefficient (Wildman–Crippen LogP) is 3.06. The van der Waals surface area contributed by atoms with Gasteiger partial charge in [0.25, 0.3) is 0 Å². The van der Waals surface area contributed by atoms with E-state index in [-0.39, 0.29) is 30.2 Å². The van der Waals surface area contributed by atoms with Gasteiger partial charge in [0, 0.05) is 12.1 Å². The Labute approximate surface area is 147 Å². The second kappa shape index (κ2) is 7.47. The van der Waals surface area contributed by atoms with Gasteiger partial charge in [-0.15, -0.1) is 0 Å².